The molecule has 1 aliphatic heterocycles. The molecule has 2 rings (SSSR count). The van der Waals surface area contributed by atoms with Gasteiger partial charge in [-0.05, 0) is 38.3 Å². The third-order valence-electron chi connectivity index (χ3n) is 3.84. The molecule has 0 spiro atoms. The van der Waals surface area contributed by atoms with Crippen molar-refractivity contribution in [2.24, 2.45) is 0 Å². The first kappa shape index (κ1) is 15.4. The van der Waals surface area contributed by atoms with Crippen LogP contribution in [0.2, 0.25) is 0 Å². The fourth-order valence-corrected chi connectivity index (χ4v) is 2.73. The lowest BCUT2D eigenvalue weighted by Crippen LogP contribution is -2.53. The second kappa shape index (κ2) is 7.11. The Hall–Kier alpha value is -2.04. The average Bonchev–Trinajstić information content (AvgIpc) is 2.55. The summed E-state index contributed by atoms with van der Waals surface area (Å²) in [7, 11) is 1.37. The van der Waals surface area contributed by atoms with Crippen molar-refractivity contribution in [3.63, 3.8) is 0 Å². The Balaban J connectivity index is 2.21. The van der Waals surface area contributed by atoms with Crippen molar-refractivity contribution in [2.75, 3.05) is 25.1 Å². The van der Waals surface area contributed by atoms with Gasteiger partial charge in [0.15, 0.2) is 0 Å². The van der Waals surface area contributed by atoms with Crippen LogP contribution in [0.1, 0.15) is 26.2 Å². The summed E-state index contributed by atoms with van der Waals surface area (Å²) in [4.78, 5) is 28.0. The van der Waals surface area contributed by atoms with Gasteiger partial charge < -0.3 is 9.64 Å². The lowest BCUT2D eigenvalue weighted by Gasteiger charge is -2.37. The molecule has 0 bridgehead atoms. The van der Waals surface area contributed by atoms with E-state index in [0.717, 1.165) is 18.5 Å². The van der Waals surface area contributed by atoms with Gasteiger partial charge in [0.25, 0.3) is 0 Å². The van der Waals surface area contributed by atoms with Crippen LogP contribution in [0.15, 0.2) is 30.3 Å². The molecule has 0 saturated carbocycles. The molecule has 1 aliphatic rings. The third-order valence-corrected chi connectivity index (χ3v) is 3.84. The summed E-state index contributed by atoms with van der Waals surface area (Å²) in [6.45, 7) is 3.09. The molecule has 1 atom stereocenters. The van der Waals surface area contributed by atoms with E-state index >= 15 is 0 Å². The Morgan fingerprint density at radius 1 is 1.29 bits per heavy atom. The molecule has 2 amide bonds. The highest BCUT2D eigenvalue weighted by atomic mass is 16.5. The van der Waals surface area contributed by atoms with Crippen LogP contribution in [0, 0.1) is 0 Å². The summed E-state index contributed by atoms with van der Waals surface area (Å²) in [5, 5.41) is 0. The van der Waals surface area contributed by atoms with Gasteiger partial charge in [-0.25, -0.2) is 9.59 Å². The van der Waals surface area contributed by atoms with E-state index in [4.69, 9.17) is 4.74 Å². The minimum atomic E-state index is -0.464. The number of ether oxygens (including phenoxy) is 1. The molecule has 1 aromatic rings. The zero-order valence-corrected chi connectivity index (χ0v) is 12.6. The van der Waals surface area contributed by atoms with Crippen LogP contribution in [-0.4, -0.2) is 43.1 Å². The van der Waals surface area contributed by atoms with Crippen molar-refractivity contribution in [3.05, 3.63) is 30.3 Å². The number of urea groups is 1. The third kappa shape index (κ3) is 3.35. The highest BCUT2D eigenvalue weighted by Crippen LogP contribution is 2.22. The number of hydrogen-bond donors (Lipinski definition) is 0. The number of carbonyl (C=O) groups is 2. The number of likely N-dealkylation sites (tertiary alicyclic amines) is 1. The smallest absolute Gasteiger partial charge is 0.328 e. The fourth-order valence-electron chi connectivity index (χ4n) is 2.73. The number of esters is 1. The SMILES string of the molecule is CCN(C(=O)N1CCCCC1C(=O)OC)c1ccccc1. The highest BCUT2D eigenvalue weighted by Gasteiger charge is 2.35. The number of rotatable bonds is 3. The van der Waals surface area contributed by atoms with E-state index in [0.29, 0.717) is 19.5 Å². The van der Waals surface area contributed by atoms with E-state index in [2.05, 4.69) is 0 Å². The van der Waals surface area contributed by atoms with Crippen molar-refractivity contribution in [3.8, 4) is 0 Å². The Bertz CT molecular complexity index is 490. The van der Waals surface area contributed by atoms with Crippen LogP contribution in [0.4, 0.5) is 10.5 Å². The maximum atomic E-state index is 12.8. The molecule has 114 valence electrons. The molecule has 0 aromatic heterocycles. The number of carbonyl (C=O) groups excluding carboxylic acids is 2. The van der Waals surface area contributed by atoms with Gasteiger partial charge >= 0.3 is 12.0 Å². The number of nitrogens with zero attached hydrogens (tertiary/aromatic N) is 2. The summed E-state index contributed by atoms with van der Waals surface area (Å²) >= 11 is 0. The number of piperidine rings is 1. The van der Waals surface area contributed by atoms with Gasteiger partial charge in [-0.15, -0.1) is 0 Å². The highest BCUT2D eigenvalue weighted by molar-refractivity contribution is 5.94. The van der Waals surface area contributed by atoms with E-state index in [-0.39, 0.29) is 12.0 Å². The van der Waals surface area contributed by atoms with Crippen molar-refractivity contribution >= 4 is 17.7 Å². The molecule has 0 radical (unpaired) electrons. The standard InChI is InChI=1S/C16H22N2O3/c1-3-17(13-9-5-4-6-10-13)16(20)18-12-8-7-11-14(18)15(19)21-2/h4-6,9-10,14H,3,7-8,11-12H2,1-2H3. The Kier molecular flexibility index (Phi) is 5.20. The minimum absolute atomic E-state index is 0.126. The molecule has 1 fully saturated rings. The Morgan fingerprint density at radius 3 is 2.62 bits per heavy atom. The maximum absolute atomic E-state index is 12.8. The van der Waals surface area contributed by atoms with Gasteiger partial charge in [-0.3, -0.25) is 4.90 Å². The summed E-state index contributed by atoms with van der Waals surface area (Å²) in [5.74, 6) is -0.327. The van der Waals surface area contributed by atoms with Crippen LogP contribution in [0.25, 0.3) is 0 Å². The van der Waals surface area contributed by atoms with Crippen LogP contribution in [-0.2, 0) is 9.53 Å². The van der Waals surface area contributed by atoms with E-state index in [1.165, 1.54) is 7.11 Å². The zero-order valence-electron chi connectivity index (χ0n) is 12.6. The maximum Gasteiger partial charge on any atom is 0.328 e. The Labute approximate surface area is 125 Å². The normalized spacial score (nSPS) is 18.2. The van der Waals surface area contributed by atoms with Crippen molar-refractivity contribution in [1.82, 2.24) is 4.90 Å². The second-order valence-electron chi connectivity index (χ2n) is 5.09. The predicted octanol–water partition coefficient (Wildman–Crippen LogP) is 2.66. The summed E-state index contributed by atoms with van der Waals surface area (Å²) < 4.78 is 4.84. The molecule has 1 heterocycles. The van der Waals surface area contributed by atoms with E-state index in [9.17, 15) is 9.59 Å². The predicted molar refractivity (Wildman–Crippen MR) is 81.2 cm³/mol. The lowest BCUT2D eigenvalue weighted by atomic mass is 10.0. The first-order valence-electron chi connectivity index (χ1n) is 7.40. The van der Waals surface area contributed by atoms with Gasteiger partial charge in [0.05, 0.1) is 7.11 Å². The molecule has 1 unspecified atom stereocenters. The van der Waals surface area contributed by atoms with Crippen molar-refractivity contribution in [2.45, 2.75) is 32.2 Å². The lowest BCUT2D eigenvalue weighted by molar-refractivity contribution is -0.146. The fraction of sp³-hybridized carbons (Fsp3) is 0.500. The van der Waals surface area contributed by atoms with E-state index in [1.54, 1.807) is 9.80 Å². The number of amides is 2. The van der Waals surface area contributed by atoms with Gasteiger partial charge in [0, 0.05) is 18.8 Å². The molecule has 0 aliphatic carbocycles. The first-order valence-corrected chi connectivity index (χ1v) is 7.40. The van der Waals surface area contributed by atoms with Crippen LogP contribution in [0.5, 0.6) is 0 Å². The number of benzene rings is 1. The van der Waals surface area contributed by atoms with Crippen LogP contribution >= 0.6 is 0 Å². The van der Waals surface area contributed by atoms with Gasteiger partial charge in [0.2, 0.25) is 0 Å². The number of anilines is 1. The quantitative estimate of drug-likeness (QED) is 0.804. The van der Waals surface area contributed by atoms with E-state index in [1.807, 2.05) is 37.3 Å². The summed E-state index contributed by atoms with van der Waals surface area (Å²) in [6.07, 6.45) is 2.54. The minimum Gasteiger partial charge on any atom is -0.467 e. The van der Waals surface area contributed by atoms with Gasteiger partial charge in [0.1, 0.15) is 6.04 Å². The monoisotopic (exact) mass is 290 g/mol. The average molecular weight is 290 g/mol. The number of hydrogen-bond acceptors (Lipinski definition) is 3. The van der Waals surface area contributed by atoms with E-state index < -0.39 is 6.04 Å². The topological polar surface area (TPSA) is 49.9 Å². The first-order chi connectivity index (χ1) is 10.2. The van der Waals surface area contributed by atoms with Crippen LogP contribution < -0.4 is 4.90 Å². The Morgan fingerprint density at radius 2 is 2.00 bits per heavy atom. The number of para-hydroxylation sites is 1. The molecular weight excluding hydrogens is 268 g/mol. The molecule has 5 nitrogen and oxygen atoms in total. The molecule has 0 N–H and O–H groups in total. The molecule has 1 saturated heterocycles. The number of methoxy groups -OCH3 is 1. The summed E-state index contributed by atoms with van der Waals surface area (Å²) in [5.41, 5.74) is 0.846. The van der Waals surface area contributed by atoms with Gasteiger partial charge in [-0.2, -0.15) is 0 Å². The molecule has 21 heavy (non-hydrogen) atoms. The van der Waals surface area contributed by atoms with Crippen molar-refractivity contribution in [1.29, 1.82) is 0 Å². The largest absolute Gasteiger partial charge is 0.467 e. The van der Waals surface area contributed by atoms with Crippen LogP contribution in [0.3, 0.4) is 0 Å². The van der Waals surface area contributed by atoms with Crippen molar-refractivity contribution < 1.29 is 14.3 Å². The molecule has 5 heteroatoms. The zero-order chi connectivity index (χ0) is 15.2. The summed E-state index contributed by atoms with van der Waals surface area (Å²) in [6, 6.07) is 8.93. The molecule has 1 aromatic carbocycles. The molecular formula is C16H22N2O3. The second-order valence-corrected chi connectivity index (χ2v) is 5.09. The van der Waals surface area contributed by atoms with Gasteiger partial charge in [-0.1, -0.05) is 18.2 Å².